The van der Waals surface area contributed by atoms with Gasteiger partial charge in [-0.25, -0.2) is 0 Å². The van der Waals surface area contributed by atoms with E-state index in [1.165, 1.54) is 19.4 Å². The molecule has 0 spiro atoms. The zero-order valence-electron chi connectivity index (χ0n) is 14.4. The molecule has 1 aromatic carbocycles. The molecule has 1 saturated carbocycles. The minimum atomic E-state index is 0.00166. The molecule has 1 heterocycles. The lowest BCUT2D eigenvalue weighted by Crippen LogP contribution is -2.48. The van der Waals surface area contributed by atoms with Crippen LogP contribution < -0.4 is 10.2 Å². The van der Waals surface area contributed by atoms with Gasteiger partial charge in [0, 0.05) is 45.5 Å². The zero-order chi connectivity index (χ0) is 16.5. The maximum absolute atomic E-state index is 12.1. The SMILES string of the molecule is CNC(=O)c1ccccc1N1CCN(CC2CC3C=CC2C3)CC1. The van der Waals surface area contributed by atoms with Gasteiger partial charge in [-0.2, -0.15) is 0 Å². The highest BCUT2D eigenvalue weighted by atomic mass is 16.1. The number of nitrogens with one attached hydrogen (secondary N) is 1. The molecular formula is C20H27N3O. The van der Waals surface area contributed by atoms with Crippen molar-refractivity contribution in [1.82, 2.24) is 10.2 Å². The summed E-state index contributed by atoms with van der Waals surface area (Å²) in [6.45, 7) is 5.45. The number of allylic oxidation sites excluding steroid dienone is 2. The van der Waals surface area contributed by atoms with Gasteiger partial charge in [0.2, 0.25) is 0 Å². The van der Waals surface area contributed by atoms with Gasteiger partial charge in [-0.1, -0.05) is 24.3 Å². The van der Waals surface area contributed by atoms with Crippen molar-refractivity contribution in [2.24, 2.45) is 17.8 Å². The van der Waals surface area contributed by atoms with Gasteiger partial charge >= 0.3 is 0 Å². The summed E-state index contributed by atoms with van der Waals surface area (Å²) in [5.74, 6) is 2.56. The van der Waals surface area contributed by atoms with Crippen molar-refractivity contribution in [3.63, 3.8) is 0 Å². The first kappa shape index (κ1) is 15.7. The minimum Gasteiger partial charge on any atom is -0.368 e. The normalized spacial score (nSPS) is 29.2. The molecule has 2 aliphatic carbocycles. The fourth-order valence-electron chi connectivity index (χ4n) is 4.68. The number of rotatable bonds is 4. The predicted octanol–water partition coefficient (Wildman–Crippen LogP) is 2.38. The molecule has 0 aromatic heterocycles. The van der Waals surface area contributed by atoms with Gasteiger partial charge in [-0.15, -0.1) is 0 Å². The lowest BCUT2D eigenvalue weighted by atomic mass is 9.93. The Balaban J connectivity index is 1.36. The van der Waals surface area contributed by atoms with Crippen molar-refractivity contribution >= 4 is 11.6 Å². The second-order valence-electron chi connectivity index (χ2n) is 7.42. The van der Waals surface area contributed by atoms with Gasteiger partial charge in [0.15, 0.2) is 0 Å². The maximum atomic E-state index is 12.1. The quantitative estimate of drug-likeness (QED) is 0.864. The number of hydrogen-bond acceptors (Lipinski definition) is 3. The Bertz CT molecular complexity index is 634. The van der Waals surface area contributed by atoms with E-state index < -0.39 is 0 Å². The molecule has 4 heteroatoms. The first-order valence-corrected chi connectivity index (χ1v) is 9.21. The number of carbonyl (C=O) groups excluding carboxylic acids is 1. The van der Waals surface area contributed by atoms with E-state index in [0.29, 0.717) is 0 Å². The zero-order valence-corrected chi connectivity index (χ0v) is 14.4. The van der Waals surface area contributed by atoms with Gasteiger partial charge in [-0.3, -0.25) is 9.69 Å². The Morgan fingerprint density at radius 1 is 1.12 bits per heavy atom. The smallest absolute Gasteiger partial charge is 0.253 e. The van der Waals surface area contributed by atoms with Crippen LogP contribution in [-0.4, -0.2) is 50.6 Å². The van der Waals surface area contributed by atoms with Crippen molar-refractivity contribution in [3.8, 4) is 0 Å². The molecule has 128 valence electrons. The van der Waals surface area contributed by atoms with Crippen molar-refractivity contribution in [3.05, 3.63) is 42.0 Å². The molecule has 3 atom stereocenters. The maximum Gasteiger partial charge on any atom is 0.253 e. The van der Waals surface area contributed by atoms with Crippen LogP contribution in [0.2, 0.25) is 0 Å². The van der Waals surface area contributed by atoms with Crippen LogP contribution in [0.25, 0.3) is 0 Å². The summed E-state index contributed by atoms with van der Waals surface area (Å²) in [7, 11) is 1.70. The lowest BCUT2D eigenvalue weighted by molar-refractivity contribution is 0.0963. The molecule has 1 N–H and O–H groups in total. The van der Waals surface area contributed by atoms with Crippen LogP contribution in [0.3, 0.4) is 0 Å². The summed E-state index contributed by atoms with van der Waals surface area (Å²) < 4.78 is 0. The second kappa shape index (κ2) is 6.60. The Morgan fingerprint density at radius 3 is 2.58 bits per heavy atom. The molecule has 1 amide bonds. The fourth-order valence-corrected chi connectivity index (χ4v) is 4.68. The van der Waals surface area contributed by atoms with Crippen LogP contribution in [-0.2, 0) is 0 Å². The summed E-state index contributed by atoms with van der Waals surface area (Å²) in [6, 6.07) is 7.95. The molecule has 3 aliphatic rings. The van der Waals surface area contributed by atoms with Gasteiger partial charge in [-0.05, 0) is 42.7 Å². The highest BCUT2D eigenvalue weighted by molar-refractivity contribution is 5.99. The summed E-state index contributed by atoms with van der Waals surface area (Å²) >= 11 is 0. The third kappa shape index (κ3) is 2.95. The highest BCUT2D eigenvalue weighted by Crippen LogP contribution is 2.43. The average molecular weight is 325 g/mol. The number of piperazine rings is 1. The van der Waals surface area contributed by atoms with Gasteiger partial charge in [0.1, 0.15) is 0 Å². The van der Waals surface area contributed by atoms with Crippen LogP contribution in [0.1, 0.15) is 23.2 Å². The van der Waals surface area contributed by atoms with Crippen LogP contribution in [0.15, 0.2) is 36.4 Å². The van der Waals surface area contributed by atoms with Crippen molar-refractivity contribution in [2.75, 3.05) is 44.7 Å². The summed E-state index contributed by atoms with van der Waals surface area (Å²) in [6.07, 6.45) is 7.66. The Morgan fingerprint density at radius 2 is 1.92 bits per heavy atom. The fraction of sp³-hybridized carbons (Fsp3) is 0.550. The summed E-state index contributed by atoms with van der Waals surface area (Å²) in [4.78, 5) is 17.1. The van der Waals surface area contributed by atoms with Gasteiger partial charge < -0.3 is 10.2 Å². The standard InChI is InChI=1S/C20H27N3O/c1-21-20(24)18-4-2-3-5-19(18)23-10-8-22(9-11-23)14-17-13-15-6-7-16(17)12-15/h2-7,15-17H,8-14H2,1H3,(H,21,24). The average Bonchev–Trinajstić information content (AvgIpc) is 3.25. The number of hydrogen-bond donors (Lipinski definition) is 1. The van der Waals surface area contributed by atoms with Crippen LogP contribution in [0, 0.1) is 17.8 Å². The number of carbonyl (C=O) groups is 1. The van der Waals surface area contributed by atoms with E-state index in [4.69, 9.17) is 0 Å². The number of anilines is 1. The monoisotopic (exact) mass is 325 g/mol. The minimum absolute atomic E-state index is 0.00166. The van der Waals surface area contributed by atoms with Crippen LogP contribution in [0.4, 0.5) is 5.69 Å². The van der Waals surface area contributed by atoms with Crippen molar-refractivity contribution in [1.29, 1.82) is 0 Å². The van der Waals surface area contributed by atoms with Crippen LogP contribution in [0.5, 0.6) is 0 Å². The van der Waals surface area contributed by atoms with E-state index in [1.807, 2.05) is 18.2 Å². The molecule has 2 fully saturated rings. The van der Waals surface area contributed by atoms with E-state index in [-0.39, 0.29) is 5.91 Å². The molecular weight excluding hydrogens is 298 g/mol. The molecule has 4 rings (SSSR count). The van der Waals surface area contributed by atoms with E-state index in [1.54, 1.807) is 7.05 Å². The highest BCUT2D eigenvalue weighted by Gasteiger charge is 2.36. The molecule has 0 radical (unpaired) electrons. The number of benzene rings is 1. The largest absolute Gasteiger partial charge is 0.368 e. The first-order valence-electron chi connectivity index (χ1n) is 9.21. The van der Waals surface area contributed by atoms with E-state index >= 15 is 0 Å². The number of amides is 1. The first-order chi connectivity index (χ1) is 11.7. The molecule has 1 aliphatic heterocycles. The third-order valence-electron chi connectivity index (χ3n) is 6.00. The molecule has 3 unspecified atom stereocenters. The van der Waals surface area contributed by atoms with Crippen molar-refractivity contribution in [2.45, 2.75) is 12.8 Å². The Labute approximate surface area is 144 Å². The van der Waals surface area contributed by atoms with E-state index in [2.05, 4.69) is 33.3 Å². The lowest BCUT2D eigenvalue weighted by Gasteiger charge is -2.38. The van der Waals surface area contributed by atoms with Gasteiger partial charge in [0.05, 0.1) is 5.56 Å². The van der Waals surface area contributed by atoms with E-state index in [9.17, 15) is 4.79 Å². The Kier molecular flexibility index (Phi) is 4.31. The van der Waals surface area contributed by atoms with Crippen LogP contribution >= 0.6 is 0 Å². The molecule has 1 aromatic rings. The number of para-hydroxylation sites is 1. The topological polar surface area (TPSA) is 35.6 Å². The Hall–Kier alpha value is -1.81. The third-order valence-corrected chi connectivity index (χ3v) is 6.00. The molecule has 4 nitrogen and oxygen atoms in total. The predicted molar refractivity (Wildman–Crippen MR) is 97.3 cm³/mol. The van der Waals surface area contributed by atoms with Crippen molar-refractivity contribution < 1.29 is 4.79 Å². The number of fused-ring (bicyclic) bond motifs is 2. The molecule has 24 heavy (non-hydrogen) atoms. The summed E-state index contributed by atoms with van der Waals surface area (Å²) in [5.41, 5.74) is 1.85. The van der Waals surface area contributed by atoms with Gasteiger partial charge in [0.25, 0.3) is 5.91 Å². The number of nitrogens with zero attached hydrogens (tertiary/aromatic N) is 2. The molecule has 2 bridgehead atoms. The molecule has 1 saturated heterocycles. The van der Waals surface area contributed by atoms with E-state index in [0.717, 1.165) is 55.2 Å². The second-order valence-corrected chi connectivity index (χ2v) is 7.42. The summed E-state index contributed by atoms with van der Waals surface area (Å²) in [5, 5.41) is 2.75.